The van der Waals surface area contributed by atoms with Crippen molar-refractivity contribution in [3.8, 4) is 0 Å². The number of carbonyl (C=O) groups excluding carboxylic acids is 2. The topological polar surface area (TPSA) is 163 Å². The van der Waals surface area contributed by atoms with Crippen molar-refractivity contribution in [1.29, 1.82) is 0 Å². The summed E-state index contributed by atoms with van der Waals surface area (Å²) in [5.41, 5.74) is 6.12. The number of aromatic nitrogens is 5. The highest BCUT2D eigenvalue weighted by atomic mass is 16.5. The molecular weight excluding hydrogens is 586 g/mol. The van der Waals surface area contributed by atoms with Gasteiger partial charge >= 0.3 is 11.9 Å². The molecule has 0 fully saturated rings. The highest BCUT2D eigenvalue weighted by Crippen LogP contribution is 2.46. The number of H-pyrrole nitrogens is 2. The number of ether oxygens (including phenoxy) is 2. The second-order valence-electron chi connectivity index (χ2n) is 12.2. The molecule has 4 N–H and O–H groups in total. The first kappa shape index (κ1) is 33.0. The van der Waals surface area contributed by atoms with Gasteiger partial charge in [0.2, 0.25) is 0 Å². The van der Waals surface area contributed by atoms with Gasteiger partial charge in [0.05, 0.1) is 31.3 Å². The molecule has 5 rings (SSSR count). The molecule has 2 aliphatic rings. The molecular formula is C35H43N5O6. The zero-order chi connectivity index (χ0) is 33.6. The van der Waals surface area contributed by atoms with E-state index in [4.69, 9.17) is 24.4 Å². The molecule has 3 aromatic rings. The fraction of sp³-hybridized carbons (Fsp3) is 0.457. The number of aromatic amines is 2. The predicted molar refractivity (Wildman–Crippen MR) is 175 cm³/mol. The average molecular weight is 630 g/mol. The number of nitrogens with one attached hydrogen (secondary N) is 2. The van der Waals surface area contributed by atoms with Crippen LogP contribution in [0.3, 0.4) is 0 Å². The van der Waals surface area contributed by atoms with Gasteiger partial charge in [-0.1, -0.05) is 13.8 Å². The van der Waals surface area contributed by atoms with Gasteiger partial charge in [0.1, 0.15) is 16.8 Å². The van der Waals surface area contributed by atoms with Crippen LogP contribution in [0.4, 0.5) is 0 Å². The fourth-order valence-corrected chi connectivity index (χ4v) is 6.55. The number of rotatable bonds is 8. The monoisotopic (exact) mass is 629 g/mol. The Morgan fingerprint density at radius 2 is 1.43 bits per heavy atom. The fourth-order valence-electron chi connectivity index (χ4n) is 6.55. The van der Waals surface area contributed by atoms with E-state index in [-0.39, 0.29) is 36.9 Å². The number of fused-ring (bicyclic) bond motifs is 8. The molecule has 8 bridgehead atoms. The lowest BCUT2D eigenvalue weighted by Gasteiger charge is -2.34. The van der Waals surface area contributed by atoms with Crippen LogP contribution in [-0.2, 0) is 43.1 Å². The number of methoxy groups -OCH3 is 2. The maximum absolute atomic E-state index is 12.2. The minimum absolute atomic E-state index is 0.140. The third-order valence-corrected chi connectivity index (χ3v) is 9.67. The summed E-state index contributed by atoms with van der Waals surface area (Å²) in [6.45, 7) is 11.3. The van der Waals surface area contributed by atoms with E-state index in [0.717, 1.165) is 50.9 Å². The van der Waals surface area contributed by atoms with Crippen molar-refractivity contribution in [2.24, 2.45) is 0 Å². The standard InChI is InChI=1S/C35H43N5O6/c1-9-21-18(3)24-15-25-22(11-13-30(41)45-7)19(4)32(37-25)40-33-20(5)23(12-14-31(42)46-8)27(38-33)16-28-34(6,43)35(44,10-2)29(39-28)17-26(21)36-24/h15-17,36,43-44H,9-14H2,1-8H3,(H,37,38,40). The number of nitrogens with zero attached hydrogens (tertiary/aromatic N) is 3. The van der Waals surface area contributed by atoms with E-state index in [0.29, 0.717) is 41.2 Å². The Kier molecular flexibility index (Phi) is 8.94. The number of aliphatic hydroxyl groups is 2. The van der Waals surface area contributed by atoms with Gasteiger partial charge in [-0.15, -0.1) is 0 Å². The highest BCUT2D eigenvalue weighted by Gasteiger charge is 2.53. The number of aryl methyl sites for hydroxylation is 4. The Hall–Kier alpha value is -4.35. The first-order valence-electron chi connectivity index (χ1n) is 15.7. The van der Waals surface area contributed by atoms with Crippen LogP contribution in [0.5, 0.6) is 0 Å². The van der Waals surface area contributed by atoms with Gasteiger partial charge in [-0.25, -0.2) is 9.97 Å². The summed E-state index contributed by atoms with van der Waals surface area (Å²) in [6, 6.07) is 5.51. The smallest absolute Gasteiger partial charge is 0.305 e. The molecule has 2 unspecified atom stereocenters. The molecule has 5 heterocycles. The van der Waals surface area contributed by atoms with Crippen LogP contribution < -0.4 is 0 Å². The second-order valence-corrected chi connectivity index (χ2v) is 12.2. The molecule has 0 spiro atoms. The van der Waals surface area contributed by atoms with Crippen LogP contribution in [0.2, 0.25) is 0 Å². The number of hydrogen-bond acceptors (Lipinski definition) is 9. The van der Waals surface area contributed by atoms with Gasteiger partial charge in [0.15, 0.2) is 5.82 Å². The van der Waals surface area contributed by atoms with E-state index in [1.807, 2.05) is 39.8 Å². The lowest BCUT2D eigenvalue weighted by atomic mass is 9.80. The maximum atomic E-state index is 12.2. The number of carbonyl (C=O) groups is 2. The van der Waals surface area contributed by atoms with Crippen molar-refractivity contribution in [3.63, 3.8) is 0 Å². The number of esters is 2. The normalized spacial score (nSPS) is 19.4. The summed E-state index contributed by atoms with van der Waals surface area (Å²) < 4.78 is 9.82. The van der Waals surface area contributed by atoms with E-state index in [1.165, 1.54) is 14.2 Å². The second kappa shape index (κ2) is 12.4. The van der Waals surface area contributed by atoms with Crippen molar-refractivity contribution >= 4 is 45.3 Å². The van der Waals surface area contributed by atoms with E-state index < -0.39 is 11.2 Å². The van der Waals surface area contributed by atoms with Crippen LogP contribution in [0.25, 0.3) is 33.3 Å². The summed E-state index contributed by atoms with van der Waals surface area (Å²) in [5, 5.41) is 23.8. The molecule has 0 amide bonds. The molecule has 46 heavy (non-hydrogen) atoms. The first-order valence-corrected chi connectivity index (χ1v) is 15.7. The van der Waals surface area contributed by atoms with Gasteiger partial charge in [0, 0.05) is 29.4 Å². The average Bonchev–Trinajstić information content (AvgIpc) is 3.66. The van der Waals surface area contributed by atoms with Crippen LogP contribution in [0, 0.1) is 13.8 Å². The maximum Gasteiger partial charge on any atom is 0.305 e. The van der Waals surface area contributed by atoms with Crippen molar-refractivity contribution < 1.29 is 29.3 Å². The quantitative estimate of drug-likeness (QED) is 0.239. The molecule has 0 radical (unpaired) electrons. The SMILES string of the molecule is CCc1c(C)c2cc3nc(nc4[nH]c(cc5nc(cc1[nH]2)C(O)(CC)C5(C)O)c(CCC(=O)OC)c4C)C(C)=C3CCC(=O)OC. The molecule has 0 saturated carbocycles. The van der Waals surface area contributed by atoms with Gasteiger partial charge in [-0.05, 0) is 105 Å². The van der Waals surface area contributed by atoms with E-state index >= 15 is 0 Å². The highest BCUT2D eigenvalue weighted by molar-refractivity contribution is 5.92. The molecule has 0 aromatic carbocycles. The molecule has 2 aliphatic heterocycles. The van der Waals surface area contributed by atoms with Crippen molar-refractivity contribution in [2.75, 3.05) is 14.2 Å². The van der Waals surface area contributed by atoms with Crippen LogP contribution in [0.1, 0.15) is 98.5 Å². The number of allylic oxidation sites excluding steroid dienone is 2. The summed E-state index contributed by atoms with van der Waals surface area (Å²) in [6.07, 6.45) is 2.05. The van der Waals surface area contributed by atoms with Crippen molar-refractivity contribution in [2.45, 2.75) is 91.3 Å². The minimum atomic E-state index is -1.71. The van der Waals surface area contributed by atoms with Crippen molar-refractivity contribution in [1.82, 2.24) is 24.9 Å². The zero-order valence-corrected chi connectivity index (χ0v) is 27.8. The minimum Gasteiger partial charge on any atom is -0.469 e. The Morgan fingerprint density at radius 3 is 2.07 bits per heavy atom. The van der Waals surface area contributed by atoms with E-state index in [9.17, 15) is 19.8 Å². The molecule has 3 aromatic heterocycles. The molecule has 11 nitrogen and oxygen atoms in total. The van der Waals surface area contributed by atoms with E-state index in [2.05, 4.69) is 16.9 Å². The Labute approximate surface area is 268 Å². The van der Waals surface area contributed by atoms with Gasteiger partial charge in [-0.2, -0.15) is 0 Å². The molecule has 2 atom stereocenters. The molecule has 0 saturated heterocycles. The largest absolute Gasteiger partial charge is 0.469 e. The molecule has 11 heteroatoms. The zero-order valence-electron chi connectivity index (χ0n) is 27.8. The van der Waals surface area contributed by atoms with Gasteiger partial charge in [0.25, 0.3) is 0 Å². The Balaban J connectivity index is 1.92. The summed E-state index contributed by atoms with van der Waals surface area (Å²) in [7, 11) is 2.73. The lowest BCUT2D eigenvalue weighted by molar-refractivity contribution is -0.148. The number of hydrogen-bond donors (Lipinski definition) is 4. The van der Waals surface area contributed by atoms with Crippen LogP contribution >= 0.6 is 0 Å². The molecule has 0 aliphatic carbocycles. The Bertz CT molecular complexity index is 1920. The summed E-state index contributed by atoms with van der Waals surface area (Å²) >= 11 is 0. The third-order valence-electron chi connectivity index (χ3n) is 9.67. The van der Waals surface area contributed by atoms with Gasteiger partial charge < -0.3 is 29.7 Å². The predicted octanol–water partition coefficient (Wildman–Crippen LogP) is 5.38. The Morgan fingerprint density at radius 1 is 0.804 bits per heavy atom. The lowest BCUT2D eigenvalue weighted by Crippen LogP contribution is -2.43. The summed E-state index contributed by atoms with van der Waals surface area (Å²) in [5.74, 6) is -0.162. The van der Waals surface area contributed by atoms with E-state index in [1.54, 1.807) is 13.0 Å². The molecule has 244 valence electrons. The van der Waals surface area contributed by atoms with Crippen molar-refractivity contribution in [3.05, 3.63) is 63.4 Å². The third kappa shape index (κ3) is 5.51. The summed E-state index contributed by atoms with van der Waals surface area (Å²) in [4.78, 5) is 45.9. The van der Waals surface area contributed by atoms with Crippen LogP contribution in [-0.4, -0.2) is 61.3 Å². The van der Waals surface area contributed by atoms with Crippen LogP contribution in [0.15, 0.2) is 18.2 Å². The first-order chi connectivity index (χ1) is 21.8. The van der Waals surface area contributed by atoms with Gasteiger partial charge in [-0.3, -0.25) is 14.6 Å².